The SMILES string of the molecule is CC(NCC(C)(C)c1cccs1)c1ccc(O)cc1O. The molecule has 3 nitrogen and oxygen atoms in total. The summed E-state index contributed by atoms with van der Waals surface area (Å²) in [4.78, 5) is 1.34. The highest BCUT2D eigenvalue weighted by atomic mass is 32.1. The van der Waals surface area contributed by atoms with Crippen LogP contribution < -0.4 is 5.32 Å². The maximum absolute atomic E-state index is 9.88. The molecule has 1 aromatic heterocycles. The van der Waals surface area contributed by atoms with Gasteiger partial charge in [0, 0.05) is 34.5 Å². The fourth-order valence-electron chi connectivity index (χ4n) is 2.17. The number of nitrogens with one attached hydrogen (secondary N) is 1. The lowest BCUT2D eigenvalue weighted by atomic mass is 9.91. The van der Waals surface area contributed by atoms with Crippen LogP contribution in [-0.4, -0.2) is 16.8 Å². The highest BCUT2D eigenvalue weighted by Gasteiger charge is 2.23. The number of benzene rings is 1. The minimum Gasteiger partial charge on any atom is -0.508 e. The van der Waals surface area contributed by atoms with Crippen molar-refractivity contribution in [2.24, 2.45) is 0 Å². The van der Waals surface area contributed by atoms with Crippen molar-refractivity contribution in [3.05, 3.63) is 46.2 Å². The number of phenolic OH excluding ortho intramolecular Hbond substituents is 2. The minimum absolute atomic E-state index is 0.0230. The largest absolute Gasteiger partial charge is 0.508 e. The third-order valence-electron chi connectivity index (χ3n) is 3.52. The van der Waals surface area contributed by atoms with Crippen LogP contribution in [0.2, 0.25) is 0 Å². The Morgan fingerprint density at radius 1 is 1.25 bits per heavy atom. The van der Waals surface area contributed by atoms with Gasteiger partial charge in [-0.05, 0) is 24.4 Å². The molecule has 1 aromatic carbocycles. The van der Waals surface area contributed by atoms with Gasteiger partial charge >= 0.3 is 0 Å². The summed E-state index contributed by atoms with van der Waals surface area (Å²) >= 11 is 1.76. The first-order chi connectivity index (χ1) is 9.40. The van der Waals surface area contributed by atoms with E-state index in [9.17, 15) is 10.2 Å². The summed E-state index contributed by atoms with van der Waals surface area (Å²) in [6.45, 7) is 7.23. The van der Waals surface area contributed by atoms with E-state index in [1.807, 2.05) is 6.92 Å². The van der Waals surface area contributed by atoms with Crippen molar-refractivity contribution in [1.29, 1.82) is 0 Å². The second-order valence-corrected chi connectivity index (χ2v) is 6.65. The number of hydrogen-bond acceptors (Lipinski definition) is 4. The van der Waals surface area contributed by atoms with Gasteiger partial charge in [0.25, 0.3) is 0 Å². The fraction of sp³-hybridized carbons (Fsp3) is 0.375. The quantitative estimate of drug-likeness (QED) is 0.785. The highest BCUT2D eigenvalue weighted by molar-refractivity contribution is 7.10. The zero-order valence-corrected chi connectivity index (χ0v) is 12.9. The molecule has 4 heteroatoms. The standard InChI is InChI=1S/C16H21NO2S/c1-11(13-7-6-12(18)9-14(13)19)17-10-16(2,3)15-5-4-8-20-15/h4-9,11,17-19H,10H2,1-3H3. The van der Waals surface area contributed by atoms with E-state index in [-0.39, 0.29) is 23.0 Å². The van der Waals surface area contributed by atoms with Crippen molar-refractivity contribution < 1.29 is 10.2 Å². The Hall–Kier alpha value is -1.52. The van der Waals surface area contributed by atoms with Gasteiger partial charge in [-0.25, -0.2) is 0 Å². The van der Waals surface area contributed by atoms with Crippen molar-refractivity contribution in [1.82, 2.24) is 5.32 Å². The van der Waals surface area contributed by atoms with Gasteiger partial charge in [0.1, 0.15) is 11.5 Å². The van der Waals surface area contributed by atoms with Gasteiger partial charge < -0.3 is 15.5 Å². The number of rotatable bonds is 5. The first kappa shape index (κ1) is 14.9. The van der Waals surface area contributed by atoms with Crippen LogP contribution >= 0.6 is 11.3 Å². The van der Waals surface area contributed by atoms with Crippen LogP contribution in [0.4, 0.5) is 0 Å². The van der Waals surface area contributed by atoms with Crippen LogP contribution in [0.5, 0.6) is 11.5 Å². The highest BCUT2D eigenvalue weighted by Crippen LogP contribution is 2.30. The first-order valence-electron chi connectivity index (χ1n) is 6.69. The fourth-order valence-corrected chi connectivity index (χ4v) is 3.02. The lowest BCUT2D eigenvalue weighted by molar-refractivity contribution is 0.415. The number of phenols is 2. The summed E-state index contributed by atoms with van der Waals surface area (Å²) in [5, 5.41) is 24.7. The molecule has 0 fully saturated rings. The molecule has 0 saturated carbocycles. The predicted molar refractivity (Wildman–Crippen MR) is 83.5 cm³/mol. The normalized spacial score (nSPS) is 13.3. The van der Waals surface area contributed by atoms with E-state index in [1.165, 1.54) is 10.9 Å². The van der Waals surface area contributed by atoms with Gasteiger partial charge in [-0.1, -0.05) is 26.0 Å². The lowest BCUT2D eigenvalue weighted by Gasteiger charge is -2.26. The molecule has 3 N–H and O–H groups in total. The summed E-state index contributed by atoms with van der Waals surface area (Å²) in [5.41, 5.74) is 0.847. The Bertz CT molecular complexity index is 564. The second kappa shape index (κ2) is 5.85. The number of thiophene rings is 1. The zero-order chi connectivity index (χ0) is 14.8. The van der Waals surface area contributed by atoms with Gasteiger partial charge in [-0.2, -0.15) is 0 Å². The summed E-state index contributed by atoms with van der Waals surface area (Å²) in [7, 11) is 0. The molecule has 1 unspecified atom stereocenters. The molecule has 2 aromatic rings. The number of aromatic hydroxyl groups is 2. The predicted octanol–water partition coefficient (Wildman–Crippen LogP) is 3.79. The molecule has 0 spiro atoms. The molecule has 0 aliphatic heterocycles. The summed E-state index contributed by atoms with van der Waals surface area (Å²) < 4.78 is 0. The molecule has 0 aliphatic rings. The molecule has 20 heavy (non-hydrogen) atoms. The van der Waals surface area contributed by atoms with Crippen molar-refractivity contribution in [2.75, 3.05) is 6.54 Å². The average Bonchev–Trinajstić information content (AvgIpc) is 2.90. The van der Waals surface area contributed by atoms with E-state index in [0.717, 1.165) is 12.1 Å². The van der Waals surface area contributed by atoms with Crippen molar-refractivity contribution in [3.63, 3.8) is 0 Å². The van der Waals surface area contributed by atoms with Crippen molar-refractivity contribution >= 4 is 11.3 Å². The molecule has 108 valence electrons. The topological polar surface area (TPSA) is 52.5 Å². The monoisotopic (exact) mass is 291 g/mol. The molecule has 0 aliphatic carbocycles. The van der Waals surface area contributed by atoms with Crippen LogP contribution in [-0.2, 0) is 5.41 Å². The first-order valence-corrected chi connectivity index (χ1v) is 7.57. The summed E-state index contributed by atoms with van der Waals surface area (Å²) in [6.07, 6.45) is 0. The second-order valence-electron chi connectivity index (χ2n) is 5.71. The maximum atomic E-state index is 9.88. The van der Waals surface area contributed by atoms with Crippen molar-refractivity contribution in [2.45, 2.75) is 32.2 Å². The molecule has 0 bridgehead atoms. The van der Waals surface area contributed by atoms with Gasteiger partial charge in [0.05, 0.1) is 0 Å². The molecule has 0 saturated heterocycles. The lowest BCUT2D eigenvalue weighted by Crippen LogP contribution is -2.33. The number of hydrogen-bond donors (Lipinski definition) is 3. The van der Waals surface area contributed by atoms with Gasteiger partial charge in [-0.15, -0.1) is 11.3 Å². The van der Waals surface area contributed by atoms with Crippen LogP contribution in [0.3, 0.4) is 0 Å². The van der Waals surface area contributed by atoms with Crippen LogP contribution in [0, 0.1) is 0 Å². The molecular weight excluding hydrogens is 270 g/mol. The Labute approximate surface area is 123 Å². The summed E-state index contributed by atoms with van der Waals surface area (Å²) in [5.74, 6) is 0.205. The van der Waals surface area contributed by atoms with Crippen LogP contribution in [0.25, 0.3) is 0 Å². The van der Waals surface area contributed by atoms with E-state index in [0.29, 0.717) is 0 Å². The minimum atomic E-state index is 0.0230. The van der Waals surface area contributed by atoms with Crippen molar-refractivity contribution in [3.8, 4) is 11.5 Å². The Morgan fingerprint density at radius 3 is 2.60 bits per heavy atom. The molecular formula is C16H21NO2S. The van der Waals surface area contributed by atoms with E-state index >= 15 is 0 Å². The third-order valence-corrected chi connectivity index (χ3v) is 4.75. The Balaban J connectivity index is 2.03. The Kier molecular flexibility index (Phi) is 4.35. The van der Waals surface area contributed by atoms with E-state index in [4.69, 9.17) is 0 Å². The van der Waals surface area contributed by atoms with Crippen LogP contribution in [0.1, 0.15) is 37.3 Å². The van der Waals surface area contributed by atoms with E-state index in [1.54, 1.807) is 23.5 Å². The smallest absolute Gasteiger partial charge is 0.124 e. The molecule has 0 radical (unpaired) electrons. The maximum Gasteiger partial charge on any atom is 0.124 e. The Morgan fingerprint density at radius 2 is 2.00 bits per heavy atom. The van der Waals surface area contributed by atoms with Gasteiger partial charge in [0.2, 0.25) is 0 Å². The van der Waals surface area contributed by atoms with Gasteiger partial charge in [-0.3, -0.25) is 0 Å². The molecule has 1 heterocycles. The summed E-state index contributed by atoms with van der Waals surface area (Å²) in [6, 6.07) is 8.96. The van der Waals surface area contributed by atoms with E-state index < -0.39 is 0 Å². The molecule has 2 rings (SSSR count). The zero-order valence-electron chi connectivity index (χ0n) is 12.1. The third kappa shape index (κ3) is 3.32. The average molecular weight is 291 g/mol. The van der Waals surface area contributed by atoms with E-state index in [2.05, 4.69) is 36.7 Å². The van der Waals surface area contributed by atoms with Crippen LogP contribution in [0.15, 0.2) is 35.7 Å². The molecule has 0 amide bonds. The molecule has 1 atom stereocenters. The van der Waals surface area contributed by atoms with Gasteiger partial charge in [0.15, 0.2) is 0 Å².